The first-order chi connectivity index (χ1) is 13.2. The van der Waals surface area contributed by atoms with Crippen molar-refractivity contribution in [3.8, 4) is 6.07 Å². The molecule has 3 N–H and O–H groups in total. The van der Waals surface area contributed by atoms with Gasteiger partial charge in [-0.1, -0.05) is 41.0 Å². The molecule has 1 aromatic heterocycles. The van der Waals surface area contributed by atoms with Gasteiger partial charge in [0.15, 0.2) is 14.5 Å². The van der Waals surface area contributed by atoms with E-state index in [1.807, 2.05) is 0 Å². The van der Waals surface area contributed by atoms with Crippen molar-refractivity contribution in [1.82, 2.24) is 9.55 Å². The quantitative estimate of drug-likeness (QED) is 0.633. The third kappa shape index (κ3) is 3.87. The summed E-state index contributed by atoms with van der Waals surface area (Å²) >= 11 is 0. The fourth-order valence-electron chi connectivity index (χ4n) is 4.14. The molecule has 0 aliphatic carbocycles. The number of nitrogens with two attached hydrogens (primary N) is 1. The molecular formula is C19H32N4O4Si. The Kier molecular flexibility index (Phi) is 7.04. The van der Waals surface area contributed by atoms with E-state index in [0.717, 1.165) is 18.5 Å². The zero-order valence-electron chi connectivity index (χ0n) is 17.4. The maximum absolute atomic E-state index is 12.3. The summed E-state index contributed by atoms with van der Waals surface area (Å²) in [7, 11) is -2.27. The van der Waals surface area contributed by atoms with E-state index in [1.54, 1.807) is 0 Å². The number of aromatic nitrogens is 2. The minimum Gasteiger partial charge on any atom is -0.409 e. The van der Waals surface area contributed by atoms with Crippen LogP contribution in [0.4, 0.5) is 5.82 Å². The summed E-state index contributed by atoms with van der Waals surface area (Å²) in [6.45, 7) is 10.5. The Hall–Kier alpha value is -1.73. The third-order valence-electron chi connectivity index (χ3n) is 6.42. The number of nitrogen functional groups attached to an aromatic ring is 1. The number of hydrogen-bond donors (Lipinski definition) is 2. The molecule has 1 aliphatic heterocycles. The molecule has 0 aromatic carbocycles. The third-order valence-corrected chi connectivity index (χ3v) is 12.2. The highest BCUT2D eigenvalue weighted by Crippen LogP contribution is 2.48. The Labute approximate surface area is 167 Å². The van der Waals surface area contributed by atoms with Gasteiger partial charge in [-0.15, -0.1) is 0 Å². The number of nitrogens with zero attached hydrogens (tertiary/aromatic N) is 3. The van der Waals surface area contributed by atoms with Crippen LogP contribution in [0.15, 0.2) is 17.1 Å². The molecule has 0 bridgehead atoms. The van der Waals surface area contributed by atoms with Crippen LogP contribution in [0.25, 0.3) is 0 Å². The monoisotopic (exact) mass is 408 g/mol. The van der Waals surface area contributed by atoms with Gasteiger partial charge in [-0.3, -0.25) is 4.57 Å². The number of anilines is 1. The Morgan fingerprint density at radius 3 is 2.54 bits per heavy atom. The van der Waals surface area contributed by atoms with Crippen molar-refractivity contribution in [3.63, 3.8) is 0 Å². The molecule has 2 rings (SSSR count). The number of aliphatic hydroxyl groups is 1. The van der Waals surface area contributed by atoms with Crippen LogP contribution in [0.2, 0.25) is 17.1 Å². The van der Waals surface area contributed by atoms with Gasteiger partial charge in [0.25, 0.3) is 0 Å². The van der Waals surface area contributed by atoms with Crippen LogP contribution in [-0.2, 0) is 9.16 Å². The second-order valence-electron chi connectivity index (χ2n) is 7.97. The highest BCUT2D eigenvalue weighted by atomic mass is 28.4. The van der Waals surface area contributed by atoms with Crippen molar-refractivity contribution in [1.29, 1.82) is 5.26 Å². The lowest BCUT2D eigenvalue weighted by atomic mass is 10.0. The minimum atomic E-state index is -2.27. The molecule has 0 amide bonds. The highest BCUT2D eigenvalue weighted by molar-refractivity contribution is 6.76. The molecule has 1 fully saturated rings. The van der Waals surface area contributed by atoms with Gasteiger partial charge in [-0.2, -0.15) is 10.2 Å². The van der Waals surface area contributed by atoms with Gasteiger partial charge >= 0.3 is 5.69 Å². The Morgan fingerprint density at radius 1 is 1.43 bits per heavy atom. The molecule has 0 spiro atoms. The summed E-state index contributed by atoms with van der Waals surface area (Å²) in [4.78, 5) is 16.0. The Balaban J connectivity index is 2.45. The number of hydrogen-bond acceptors (Lipinski definition) is 7. The largest absolute Gasteiger partial charge is 0.409 e. The number of rotatable bonds is 8. The topological polar surface area (TPSA) is 123 Å². The zero-order valence-corrected chi connectivity index (χ0v) is 18.4. The summed E-state index contributed by atoms with van der Waals surface area (Å²) in [6.07, 6.45) is 0.258. The van der Waals surface area contributed by atoms with E-state index in [2.05, 4.69) is 45.7 Å². The molecule has 8 nitrogen and oxygen atoms in total. The second-order valence-corrected chi connectivity index (χ2v) is 13.0. The van der Waals surface area contributed by atoms with E-state index in [9.17, 15) is 15.2 Å². The molecule has 1 aromatic rings. The predicted molar refractivity (Wildman–Crippen MR) is 109 cm³/mol. The van der Waals surface area contributed by atoms with Crippen molar-refractivity contribution in [2.24, 2.45) is 5.92 Å². The number of nitriles is 1. The lowest BCUT2D eigenvalue weighted by Crippen LogP contribution is -2.52. The fourth-order valence-corrected chi connectivity index (χ4v) is 8.67. The van der Waals surface area contributed by atoms with Crippen molar-refractivity contribution >= 4 is 14.1 Å². The molecule has 9 heteroatoms. The van der Waals surface area contributed by atoms with Crippen LogP contribution in [0.1, 0.15) is 47.3 Å². The molecule has 0 unspecified atom stereocenters. The van der Waals surface area contributed by atoms with Gasteiger partial charge < -0.3 is 20.0 Å². The number of ether oxygens (including phenoxy) is 1. The lowest BCUT2D eigenvalue weighted by Gasteiger charge is -2.45. The summed E-state index contributed by atoms with van der Waals surface area (Å²) in [6, 6.07) is 5.52. The smallest absolute Gasteiger partial charge is 0.351 e. The lowest BCUT2D eigenvalue weighted by molar-refractivity contribution is -0.0455. The van der Waals surface area contributed by atoms with E-state index >= 15 is 0 Å². The fraction of sp³-hybridized carbons (Fsp3) is 0.737. The van der Waals surface area contributed by atoms with Crippen LogP contribution < -0.4 is 11.4 Å². The van der Waals surface area contributed by atoms with Gasteiger partial charge in [-0.25, -0.2) is 4.79 Å². The molecule has 1 saturated heterocycles. The Morgan fingerprint density at radius 2 is 2.07 bits per heavy atom. The summed E-state index contributed by atoms with van der Waals surface area (Å²) in [5.74, 6) is -0.634. The first kappa shape index (κ1) is 22.6. The predicted octanol–water partition coefficient (Wildman–Crippen LogP) is 2.42. The Bertz CT molecular complexity index is 772. The molecule has 1 aliphatic rings. The minimum absolute atomic E-state index is 0.00577. The highest BCUT2D eigenvalue weighted by Gasteiger charge is 2.54. The van der Waals surface area contributed by atoms with Crippen LogP contribution in [0.3, 0.4) is 0 Å². The molecule has 156 valence electrons. The normalized spacial score (nSPS) is 25.6. The van der Waals surface area contributed by atoms with E-state index in [0.29, 0.717) is 0 Å². The van der Waals surface area contributed by atoms with Gasteiger partial charge in [0.1, 0.15) is 17.8 Å². The van der Waals surface area contributed by atoms with Crippen molar-refractivity contribution in [2.45, 2.75) is 76.6 Å². The first-order valence-corrected chi connectivity index (χ1v) is 12.2. The standard InChI is InChI=1S/C19H32N4O4Si/c1-6-19(4,5)28(7-2,8-3)27-16-13(11-20)17(26-14(16)12-24)23-10-9-15(21)22-18(23)25/h9-10,13-14,16-17,24H,6-8,12H2,1-5H3,(H2,21,22,25)/t13-,14+,16-,17+/m0/s1. The molecule has 28 heavy (non-hydrogen) atoms. The van der Waals surface area contributed by atoms with Crippen LogP contribution in [0.5, 0.6) is 0 Å². The molecule has 0 saturated carbocycles. The average molecular weight is 409 g/mol. The number of aliphatic hydroxyl groups excluding tert-OH is 1. The van der Waals surface area contributed by atoms with Gasteiger partial charge in [-0.05, 0) is 23.2 Å². The first-order valence-electron chi connectivity index (χ1n) is 9.88. The zero-order chi connectivity index (χ0) is 21.1. The van der Waals surface area contributed by atoms with E-state index in [-0.39, 0.29) is 17.5 Å². The summed E-state index contributed by atoms with van der Waals surface area (Å²) < 4.78 is 13.9. The van der Waals surface area contributed by atoms with E-state index in [4.69, 9.17) is 14.9 Å². The average Bonchev–Trinajstić information content (AvgIpc) is 3.02. The maximum Gasteiger partial charge on any atom is 0.351 e. The van der Waals surface area contributed by atoms with E-state index in [1.165, 1.54) is 16.8 Å². The second kappa shape index (κ2) is 8.74. The van der Waals surface area contributed by atoms with Gasteiger partial charge in [0, 0.05) is 6.20 Å². The summed E-state index contributed by atoms with van der Waals surface area (Å²) in [5, 5.41) is 19.8. The van der Waals surface area contributed by atoms with Gasteiger partial charge in [0.2, 0.25) is 0 Å². The van der Waals surface area contributed by atoms with Crippen molar-refractivity contribution in [3.05, 3.63) is 22.7 Å². The van der Waals surface area contributed by atoms with Crippen molar-refractivity contribution in [2.75, 3.05) is 12.3 Å². The summed E-state index contributed by atoms with van der Waals surface area (Å²) in [5.41, 5.74) is 4.98. The van der Waals surface area contributed by atoms with E-state index < -0.39 is 38.4 Å². The van der Waals surface area contributed by atoms with Crippen LogP contribution in [-0.4, -0.2) is 41.8 Å². The van der Waals surface area contributed by atoms with Crippen molar-refractivity contribution < 1.29 is 14.3 Å². The van der Waals surface area contributed by atoms with Crippen LogP contribution in [0, 0.1) is 17.2 Å². The molecule has 0 radical (unpaired) electrons. The maximum atomic E-state index is 12.3. The molecule has 4 atom stereocenters. The SMILES string of the molecule is CCC(C)(C)[Si](CC)(CC)O[C@H]1[C@H](C#N)[C@H](n2ccc(N)nc2=O)O[C@@H]1CO. The molecule has 2 heterocycles. The molecular weight excluding hydrogens is 376 g/mol. The van der Waals surface area contributed by atoms with Crippen LogP contribution >= 0.6 is 0 Å². The van der Waals surface area contributed by atoms with Gasteiger partial charge in [0.05, 0.1) is 18.8 Å².